The molecule has 0 heterocycles. The maximum Gasteiger partial charge on any atom is 0.220 e. The first kappa shape index (κ1) is 13.4. The summed E-state index contributed by atoms with van der Waals surface area (Å²) in [4.78, 5) is 11.5. The Hall–Kier alpha value is -0.570. The number of hydrogen-bond acceptors (Lipinski definition) is 2. The third-order valence-electron chi connectivity index (χ3n) is 2.80. The zero-order chi connectivity index (χ0) is 11.2. The summed E-state index contributed by atoms with van der Waals surface area (Å²) in [5.74, 6) is 0.451. The summed E-state index contributed by atoms with van der Waals surface area (Å²) in [6.45, 7) is 7.95. The Labute approximate surface area is 86.9 Å². The molecule has 1 amide bonds. The van der Waals surface area contributed by atoms with Gasteiger partial charge in [-0.15, -0.1) is 0 Å². The van der Waals surface area contributed by atoms with Crippen molar-refractivity contribution in [2.24, 2.45) is 5.92 Å². The molecule has 0 rings (SSSR count). The number of rotatable bonds is 6. The van der Waals surface area contributed by atoms with E-state index in [1.807, 2.05) is 13.8 Å². The molecule has 0 aliphatic heterocycles. The van der Waals surface area contributed by atoms with Gasteiger partial charge in [-0.3, -0.25) is 4.79 Å². The Bertz CT molecular complexity index is 176. The Morgan fingerprint density at radius 2 is 2.07 bits per heavy atom. The highest BCUT2D eigenvalue weighted by Gasteiger charge is 2.23. The molecule has 2 atom stereocenters. The summed E-state index contributed by atoms with van der Waals surface area (Å²) < 4.78 is 0. The molecule has 0 radical (unpaired) electrons. The SMILES string of the molecule is CCC(C)CC(=O)NC(C)(CC)CO. The second-order valence-electron chi connectivity index (χ2n) is 4.34. The number of carbonyl (C=O) groups excluding carboxylic acids is 1. The van der Waals surface area contributed by atoms with Crippen molar-refractivity contribution in [2.75, 3.05) is 6.61 Å². The number of nitrogens with one attached hydrogen (secondary N) is 1. The molecule has 3 nitrogen and oxygen atoms in total. The molecular formula is C11H23NO2. The smallest absolute Gasteiger partial charge is 0.220 e. The number of aliphatic hydroxyl groups excluding tert-OH is 1. The van der Waals surface area contributed by atoms with Crippen LogP contribution in [-0.2, 0) is 4.79 Å². The molecule has 0 aliphatic carbocycles. The van der Waals surface area contributed by atoms with Crippen LogP contribution >= 0.6 is 0 Å². The highest BCUT2D eigenvalue weighted by molar-refractivity contribution is 5.76. The van der Waals surface area contributed by atoms with E-state index in [2.05, 4.69) is 19.2 Å². The van der Waals surface area contributed by atoms with E-state index in [1.165, 1.54) is 0 Å². The first-order valence-corrected chi connectivity index (χ1v) is 5.39. The zero-order valence-electron chi connectivity index (χ0n) is 9.76. The van der Waals surface area contributed by atoms with Gasteiger partial charge in [0.2, 0.25) is 5.91 Å². The quantitative estimate of drug-likeness (QED) is 0.687. The molecule has 0 bridgehead atoms. The minimum absolute atomic E-state index is 0.00422. The Balaban J connectivity index is 4.04. The fraction of sp³-hybridized carbons (Fsp3) is 0.909. The minimum atomic E-state index is -0.454. The van der Waals surface area contributed by atoms with Crippen LogP contribution in [0, 0.1) is 5.92 Å². The Morgan fingerprint density at radius 3 is 2.43 bits per heavy atom. The van der Waals surface area contributed by atoms with Crippen LogP contribution in [0.5, 0.6) is 0 Å². The van der Waals surface area contributed by atoms with Gasteiger partial charge in [0.1, 0.15) is 0 Å². The number of carbonyl (C=O) groups is 1. The zero-order valence-corrected chi connectivity index (χ0v) is 9.76. The molecule has 0 saturated heterocycles. The minimum Gasteiger partial charge on any atom is -0.394 e. The van der Waals surface area contributed by atoms with Gasteiger partial charge >= 0.3 is 0 Å². The van der Waals surface area contributed by atoms with Gasteiger partial charge in [0.05, 0.1) is 12.1 Å². The lowest BCUT2D eigenvalue weighted by Crippen LogP contribution is -2.48. The maximum absolute atomic E-state index is 11.5. The molecule has 0 fully saturated rings. The van der Waals surface area contributed by atoms with Gasteiger partial charge < -0.3 is 10.4 Å². The first-order valence-electron chi connectivity index (χ1n) is 5.39. The molecule has 3 heteroatoms. The van der Waals surface area contributed by atoms with E-state index in [4.69, 9.17) is 5.11 Å². The van der Waals surface area contributed by atoms with Gasteiger partial charge in [-0.25, -0.2) is 0 Å². The van der Waals surface area contributed by atoms with E-state index in [0.29, 0.717) is 12.3 Å². The lowest BCUT2D eigenvalue weighted by Gasteiger charge is -2.27. The summed E-state index contributed by atoms with van der Waals surface area (Å²) >= 11 is 0. The van der Waals surface area contributed by atoms with E-state index in [0.717, 1.165) is 12.8 Å². The maximum atomic E-state index is 11.5. The fourth-order valence-corrected chi connectivity index (χ4v) is 1.09. The van der Waals surface area contributed by atoms with E-state index in [1.54, 1.807) is 0 Å². The molecule has 0 aromatic rings. The highest BCUT2D eigenvalue weighted by Crippen LogP contribution is 2.11. The standard InChI is InChI=1S/C11H23NO2/c1-5-9(3)7-10(14)12-11(4,6-2)8-13/h9,13H,5-8H2,1-4H3,(H,12,14). The van der Waals surface area contributed by atoms with Crippen LogP contribution < -0.4 is 5.32 Å². The van der Waals surface area contributed by atoms with Crippen molar-refractivity contribution in [3.8, 4) is 0 Å². The molecular weight excluding hydrogens is 178 g/mol. The largest absolute Gasteiger partial charge is 0.394 e. The van der Waals surface area contributed by atoms with Crippen molar-refractivity contribution >= 4 is 5.91 Å². The van der Waals surface area contributed by atoms with Crippen LogP contribution in [-0.4, -0.2) is 23.2 Å². The summed E-state index contributed by atoms with van der Waals surface area (Å²) in [5.41, 5.74) is -0.454. The van der Waals surface area contributed by atoms with Gasteiger partial charge in [0.15, 0.2) is 0 Å². The first-order chi connectivity index (χ1) is 6.47. The van der Waals surface area contributed by atoms with E-state index < -0.39 is 5.54 Å². The lowest BCUT2D eigenvalue weighted by atomic mass is 9.98. The predicted molar refractivity (Wildman–Crippen MR) is 58.0 cm³/mol. The van der Waals surface area contributed by atoms with Crippen LogP contribution in [0.3, 0.4) is 0 Å². The van der Waals surface area contributed by atoms with Gasteiger partial charge in [-0.05, 0) is 19.3 Å². The molecule has 84 valence electrons. The van der Waals surface area contributed by atoms with E-state index >= 15 is 0 Å². The highest BCUT2D eigenvalue weighted by atomic mass is 16.3. The normalized spacial score (nSPS) is 17.2. The van der Waals surface area contributed by atoms with Crippen LogP contribution in [0.25, 0.3) is 0 Å². The predicted octanol–water partition coefficient (Wildman–Crippen LogP) is 1.70. The molecule has 2 N–H and O–H groups in total. The Kier molecular flexibility index (Phi) is 5.77. The Morgan fingerprint density at radius 1 is 1.50 bits per heavy atom. The average molecular weight is 201 g/mol. The van der Waals surface area contributed by atoms with Crippen molar-refractivity contribution < 1.29 is 9.90 Å². The summed E-state index contributed by atoms with van der Waals surface area (Å²) in [6.07, 6.45) is 2.30. The van der Waals surface area contributed by atoms with Gasteiger partial charge in [0, 0.05) is 6.42 Å². The van der Waals surface area contributed by atoms with Crippen molar-refractivity contribution in [2.45, 2.75) is 52.5 Å². The summed E-state index contributed by atoms with van der Waals surface area (Å²) in [6, 6.07) is 0. The van der Waals surface area contributed by atoms with Crippen molar-refractivity contribution in [1.82, 2.24) is 5.32 Å². The molecule has 14 heavy (non-hydrogen) atoms. The van der Waals surface area contributed by atoms with Crippen LogP contribution in [0.1, 0.15) is 47.0 Å². The van der Waals surface area contributed by atoms with Gasteiger partial charge in [0.25, 0.3) is 0 Å². The average Bonchev–Trinajstić information content (AvgIpc) is 2.17. The van der Waals surface area contributed by atoms with Crippen LogP contribution in [0.4, 0.5) is 0 Å². The van der Waals surface area contributed by atoms with Crippen molar-refractivity contribution in [3.05, 3.63) is 0 Å². The lowest BCUT2D eigenvalue weighted by molar-refractivity contribution is -0.124. The van der Waals surface area contributed by atoms with Gasteiger partial charge in [-0.1, -0.05) is 27.2 Å². The second-order valence-corrected chi connectivity index (χ2v) is 4.34. The van der Waals surface area contributed by atoms with Crippen molar-refractivity contribution in [3.63, 3.8) is 0 Å². The summed E-state index contributed by atoms with van der Waals surface area (Å²) in [7, 11) is 0. The number of hydrogen-bond donors (Lipinski definition) is 2. The molecule has 0 spiro atoms. The molecule has 0 aromatic carbocycles. The topological polar surface area (TPSA) is 49.3 Å². The monoisotopic (exact) mass is 201 g/mol. The molecule has 0 saturated carbocycles. The molecule has 2 unspecified atom stereocenters. The second kappa shape index (κ2) is 6.02. The van der Waals surface area contributed by atoms with Crippen molar-refractivity contribution in [1.29, 1.82) is 0 Å². The van der Waals surface area contributed by atoms with Gasteiger partial charge in [-0.2, -0.15) is 0 Å². The molecule has 0 aliphatic rings. The third kappa shape index (κ3) is 4.61. The van der Waals surface area contributed by atoms with Crippen LogP contribution in [0.15, 0.2) is 0 Å². The summed E-state index contributed by atoms with van der Waals surface area (Å²) in [5, 5.41) is 12.0. The number of amides is 1. The molecule has 0 aromatic heterocycles. The third-order valence-corrected chi connectivity index (χ3v) is 2.80. The number of aliphatic hydroxyl groups is 1. The fourth-order valence-electron chi connectivity index (χ4n) is 1.09. The van der Waals surface area contributed by atoms with E-state index in [9.17, 15) is 4.79 Å². The van der Waals surface area contributed by atoms with E-state index in [-0.39, 0.29) is 12.5 Å². The van der Waals surface area contributed by atoms with Crippen LogP contribution in [0.2, 0.25) is 0 Å².